The number of carboxylic acid groups (broad SMARTS) is 2. The molecule has 0 spiro atoms. The Bertz CT molecular complexity index is 2960. The van der Waals surface area contributed by atoms with Gasteiger partial charge in [0.15, 0.2) is 0 Å². The van der Waals surface area contributed by atoms with Crippen LogP contribution in [0.25, 0.3) is 11.1 Å². The van der Waals surface area contributed by atoms with Crippen LogP contribution in [-0.4, -0.2) is 157 Å². The van der Waals surface area contributed by atoms with Crippen LogP contribution in [0.4, 0.5) is 8.78 Å². The first-order valence-electron chi connectivity index (χ1n) is 27.6. The lowest BCUT2D eigenvalue weighted by Gasteiger charge is -2.41. The predicted molar refractivity (Wildman–Crippen MR) is 305 cm³/mol. The Morgan fingerprint density at radius 2 is 1.38 bits per heavy atom. The van der Waals surface area contributed by atoms with Crippen molar-refractivity contribution in [2.24, 2.45) is 11.1 Å². The highest BCUT2D eigenvalue weighted by molar-refractivity contribution is 7.99. The quantitative estimate of drug-likeness (QED) is 0.0301. The van der Waals surface area contributed by atoms with Gasteiger partial charge in [0.05, 0.1) is 18.2 Å². The highest BCUT2D eigenvalue weighted by Crippen LogP contribution is 2.41. The van der Waals surface area contributed by atoms with Crippen LogP contribution in [0.2, 0.25) is 0 Å². The number of amides is 10. The van der Waals surface area contributed by atoms with Crippen molar-refractivity contribution in [3.63, 3.8) is 0 Å². The van der Waals surface area contributed by atoms with Gasteiger partial charge in [-0.25, -0.2) is 18.4 Å². The van der Waals surface area contributed by atoms with E-state index >= 15 is 4.39 Å². The van der Waals surface area contributed by atoms with Crippen LogP contribution in [0.15, 0.2) is 60.8 Å². The number of imide groups is 1. The molecule has 0 unspecified atom stereocenters. The summed E-state index contributed by atoms with van der Waals surface area (Å²) in [6.45, 7) is 8.15. The molecule has 2 heterocycles. The summed E-state index contributed by atoms with van der Waals surface area (Å²) < 4.78 is 32.0. The minimum atomic E-state index is -1.54. The molecule has 10 amide bonds. The number of aromatic nitrogens is 1. The molecule has 5 atom stereocenters. The minimum Gasteiger partial charge on any atom is -0.481 e. The van der Waals surface area contributed by atoms with Crippen molar-refractivity contribution in [2.45, 2.75) is 142 Å². The molecule has 1 fully saturated rings. The normalized spacial score (nSPS) is 13.9. The first kappa shape index (κ1) is 69.7. The Balaban J connectivity index is 1.45. The Kier molecular flexibility index (Phi) is 27.3. The molecule has 0 bridgehead atoms. The molecule has 29 heteroatoms. The van der Waals surface area contributed by atoms with E-state index < -0.39 is 137 Å². The molecule has 468 valence electrons. The van der Waals surface area contributed by atoms with E-state index in [1.165, 1.54) is 13.8 Å². The number of carbonyl (C=O) groups excluding carboxylic acids is 11. The molecule has 26 nitrogen and oxygen atoms in total. The molecule has 0 saturated carbocycles. The van der Waals surface area contributed by atoms with Crippen molar-refractivity contribution in [1.82, 2.24) is 46.4 Å². The van der Waals surface area contributed by atoms with E-state index in [0.29, 0.717) is 16.3 Å². The number of nitrogens with one attached hydrogen (secondary N) is 6. The Hall–Kier alpha value is -8.76. The molecule has 86 heavy (non-hydrogen) atoms. The molecule has 10 N–H and O–H groups in total. The van der Waals surface area contributed by atoms with Gasteiger partial charge in [-0.1, -0.05) is 51.1 Å². The van der Waals surface area contributed by atoms with E-state index in [4.69, 9.17) is 15.7 Å². The molecule has 3 aromatic rings. The number of hydrogen-bond acceptors (Lipinski definition) is 15. The van der Waals surface area contributed by atoms with Gasteiger partial charge in [0.25, 0.3) is 11.8 Å². The highest BCUT2D eigenvalue weighted by atomic mass is 32.2. The number of primary amides is 1. The zero-order chi connectivity index (χ0) is 63.8. The van der Waals surface area contributed by atoms with Crippen molar-refractivity contribution >= 4 is 88.7 Å². The van der Waals surface area contributed by atoms with Crippen LogP contribution < -0.4 is 37.6 Å². The number of aliphatic carboxylic acids is 2. The first-order chi connectivity index (χ1) is 40.5. The lowest BCUT2D eigenvalue weighted by atomic mass is 9.83. The number of carboxylic acids is 2. The molecule has 1 aliphatic heterocycles. The molecule has 0 aliphatic carbocycles. The smallest absolute Gasteiger partial charge is 0.333 e. The fourth-order valence-electron chi connectivity index (χ4n) is 8.89. The average Bonchev–Trinajstić information content (AvgIpc) is 1.88. The molecule has 1 saturated heterocycles. The van der Waals surface area contributed by atoms with Gasteiger partial charge >= 0.3 is 17.9 Å². The van der Waals surface area contributed by atoms with Crippen LogP contribution in [-0.2, 0) is 73.7 Å². The van der Waals surface area contributed by atoms with Gasteiger partial charge in [-0.05, 0) is 68.4 Å². The van der Waals surface area contributed by atoms with E-state index in [-0.39, 0.29) is 101 Å². The summed E-state index contributed by atoms with van der Waals surface area (Å²) in [6, 6.07) is 7.71. The zero-order valence-corrected chi connectivity index (χ0v) is 49.2. The van der Waals surface area contributed by atoms with Crippen LogP contribution in [0, 0.1) is 17.0 Å². The van der Waals surface area contributed by atoms with Gasteiger partial charge in [-0.2, -0.15) is 11.8 Å². The molecular formula is C57H74F2N10O16S. The Labute approximate surface area is 498 Å². The summed E-state index contributed by atoms with van der Waals surface area (Å²) in [7, 11) is 0. The fraction of sp³-hybridized carbons (Fsp3) is 0.491. The van der Waals surface area contributed by atoms with Crippen molar-refractivity contribution in [2.75, 3.05) is 31.1 Å². The van der Waals surface area contributed by atoms with Crippen LogP contribution >= 0.6 is 11.8 Å². The summed E-state index contributed by atoms with van der Waals surface area (Å²) in [4.78, 5) is 169. The molecule has 0 radical (unpaired) electrons. The topological polar surface area (TPSA) is 381 Å². The Morgan fingerprint density at radius 1 is 0.733 bits per heavy atom. The van der Waals surface area contributed by atoms with Gasteiger partial charge in [0, 0.05) is 99.9 Å². The highest BCUT2D eigenvalue weighted by Gasteiger charge is 2.38. The standard InChI is InChI=1S/C57H74F2N10O16S/c1-33(63-45(72)13-9-14-51(79)85-69-47(74)18-19-48(69)75)53(80)64-34(2)54(81)66-41(29-43(60)70)55(82)62-23-10-25-68(49(76)32-86-26-22-44(71)61-24-21-46(73)65-40(56(83)84)17-20-50(77)78)52(57(3,4)5)42-27-36(38-28-37(58)15-16-39(38)59)31-67(42)30-35-11-7-6-8-12-35/h6-8,11-12,15-16,27-28,31,33-34,40-41,52H,9-10,13-14,17-26,29-30,32H2,1-5H3,(H2,60,70)(H,61,71)(H,62,82)(H,63,72)(H,64,80)(H,65,73)(H,66,81)(H,77,78)(H,83,84)/t33-,34+,40-,41-,52-/m0/s1. The van der Waals surface area contributed by atoms with Crippen LogP contribution in [0.1, 0.15) is 123 Å². The van der Waals surface area contributed by atoms with Crippen molar-refractivity contribution in [1.29, 1.82) is 0 Å². The fourth-order valence-corrected chi connectivity index (χ4v) is 9.70. The summed E-state index contributed by atoms with van der Waals surface area (Å²) in [6.07, 6.45) is -0.964. The van der Waals surface area contributed by atoms with Gasteiger partial charge in [-0.3, -0.25) is 52.7 Å². The van der Waals surface area contributed by atoms with Gasteiger partial charge in [-0.15, -0.1) is 5.06 Å². The maximum atomic E-state index is 15.5. The monoisotopic (exact) mass is 1220 g/mol. The number of nitrogens with two attached hydrogens (primary N) is 1. The van der Waals surface area contributed by atoms with Gasteiger partial charge in [0.2, 0.25) is 47.3 Å². The third kappa shape index (κ3) is 23.0. The van der Waals surface area contributed by atoms with Crippen molar-refractivity contribution < 1.29 is 86.2 Å². The largest absolute Gasteiger partial charge is 0.481 e. The average molecular weight is 1230 g/mol. The second-order valence-electron chi connectivity index (χ2n) is 21.3. The second-order valence-corrected chi connectivity index (χ2v) is 22.4. The van der Waals surface area contributed by atoms with E-state index in [1.54, 1.807) is 17.2 Å². The second kappa shape index (κ2) is 33.7. The van der Waals surface area contributed by atoms with Crippen molar-refractivity contribution in [3.8, 4) is 11.1 Å². The number of benzene rings is 2. The summed E-state index contributed by atoms with van der Waals surface area (Å²) in [5.41, 5.74) is 6.36. The number of carbonyl (C=O) groups is 13. The van der Waals surface area contributed by atoms with Gasteiger partial charge < -0.3 is 62.2 Å². The number of hydroxylamine groups is 2. The predicted octanol–water partition coefficient (Wildman–Crippen LogP) is 2.11. The minimum absolute atomic E-state index is 0.0281. The molecule has 1 aromatic heterocycles. The number of hydrogen-bond donors (Lipinski definition) is 9. The number of halogens is 2. The van der Waals surface area contributed by atoms with E-state index in [9.17, 15) is 71.8 Å². The summed E-state index contributed by atoms with van der Waals surface area (Å²) in [5, 5.41) is 33.3. The van der Waals surface area contributed by atoms with E-state index in [2.05, 4.69) is 31.9 Å². The number of nitrogens with zero attached hydrogens (tertiary/aromatic N) is 3. The van der Waals surface area contributed by atoms with Crippen LogP contribution in [0.5, 0.6) is 0 Å². The van der Waals surface area contributed by atoms with Crippen molar-refractivity contribution in [3.05, 3.63) is 83.7 Å². The maximum absolute atomic E-state index is 15.5. The van der Waals surface area contributed by atoms with Crippen LogP contribution in [0.3, 0.4) is 0 Å². The third-order valence-electron chi connectivity index (χ3n) is 13.2. The number of thioether (sulfide) groups is 1. The number of rotatable bonds is 35. The first-order valence-corrected chi connectivity index (χ1v) is 28.8. The third-order valence-corrected chi connectivity index (χ3v) is 14.1. The van der Waals surface area contributed by atoms with E-state index in [1.807, 2.05) is 55.7 Å². The molecular weight excluding hydrogens is 1150 g/mol. The Morgan fingerprint density at radius 3 is 2.02 bits per heavy atom. The molecule has 2 aromatic carbocycles. The summed E-state index contributed by atoms with van der Waals surface area (Å²) >= 11 is 1.12. The SMILES string of the molecule is C[C@H](NC(=O)CCCC(=O)ON1C(=O)CCC1=O)C(=O)N[C@H](C)C(=O)N[C@@H](CC(N)=O)C(=O)NCCCN(C(=O)CSCCC(=O)NCCC(=O)N[C@@H](CCC(=O)O)C(=O)O)[C@@H](c1cc(-c2cc(F)ccc2F)cn1Cc1ccccc1)C(C)(C)C. The van der Waals surface area contributed by atoms with Gasteiger partial charge in [0.1, 0.15) is 35.8 Å². The lowest BCUT2D eigenvalue weighted by molar-refractivity contribution is -0.197. The van der Waals surface area contributed by atoms with E-state index in [0.717, 1.165) is 35.5 Å². The lowest BCUT2D eigenvalue weighted by Crippen LogP contribution is -2.56. The maximum Gasteiger partial charge on any atom is 0.333 e. The summed E-state index contributed by atoms with van der Waals surface area (Å²) in [5.74, 6) is -12.1. The molecule has 4 rings (SSSR count). The molecule has 1 aliphatic rings. The zero-order valence-electron chi connectivity index (χ0n) is 48.4.